The fourth-order valence-corrected chi connectivity index (χ4v) is 2.55. The van der Waals surface area contributed by atoms with Gasteiger partial charge in [0.2, 0.25) is 5.78 Å². The van der Waals surface area contributed by atoms with Crippen molar-refractivity contribution in [1.82, 2.24) is 10.3 Å². The Balaban J connectivity index is 1.47. The predicted octanol–water partition coefficient (Wildman–Crippen LogP) is 2.10. The van der Waals surface area contributed by atoms with Crippen LogP contribution in [0.3, 0.4) is 0 Å². The second-order valence-electron chi connectivity index (χ2n) is 5.99. The molecule has 0 bridgehead atoms. The van der Waals surface area contributed by atoms with Crippen LogP contribution in [-0.4, -0.2) is 55.7 Å². The standard InChI is InChI=1S/C20H21N3O4/c24-19(14-21-22-20(25)15-23-10-12-26-13-11-23)16-6-8-18(9-7-16)27-17-4-2-1-3-5-17/h1-9,14H,10-13,15H2,(H,22,25)/b21-14-. The van der Waals surface area contributed by atoms with Gasteiger partial charge in [0.1, 0.15) is 11.5 Å². The summed E-state index contributed by atoms with van der Waals surface area (Å²) in [6.07, 6.45) is 1.10. The molecule has 1 aliphatic rings. The third kappa shape index (κ3) is 6.02. The first-order valence-electron chi connectivity index (χ1n) is 8.70. The molecule has 140 valence electrons. The maximum Gasteiger partial charge on any atom is 0.254 e. The largest absolute Gasteiger partial charge is 0.457 e. The number of nitrogens with one attached hydrogen (secondary N) is 1. The number of hydrazone groups is 1. The number of para-hydroxylation sites is 1. The van der Waals surface area contributed by atoms with Gasteiger partial charge in [-0.25, -0.2) is 5.43 Å². The predicted molar refractivity (Wildman–Crippen MR) is 101 cm³/mol. The molecule has 27 heavy (non-hydrogen) atoms. The van der Waals surface area contributed by atoms with E-state index in [2.05, 4.69) is 10.5 Å². The lowest BCUT2D eigenvalue weighted by Gasteiger charge is -2.25. The summed E-state index contributed by atoms with van der Waals surface area (Å²) < 4.78 is 10.9. The number of benzene rings is 2. The number of rotatable bonds is 7. The quantitative estimate of drug-likeness (QED) is 0.460. The third-order valence-electron chi connectivity index (χ3n) is 3.96. The van der Waals surface area contributed by atoms with E-state index in [0.717, 1.165) is 12.0 Å². The van der Waals surface area contributed by atoms with Crippen molar-refractivity contribution in [3.63, 3.8) is 0 Å². The molecular formula is C20H21N3O4. The topological polar surface area (TPSA) is 80.2 Å². The number of ketones is 1. The number of carbonyl (C=O) groups is 2. The van der Waals surface area contributed by atoms with Crippen molar-refractivity contribution in [2.24, 2.45) is 5.10 Å². The molecule has 0 spiro atoms. The summed E-state index contributed by atoms with van der Waals surface area (Å²) in [5.41, 5.74) is 2.84. The van der Waals surface area contributed by atoms with E-state index >= 15 is 0 Å². The molecule has 7 heteroatoms. The second kappa shape index (κ2) is 9.61. The van der Waals surface area contributed by atoms with Gasteiger partial charge in [0.15, 0.2) is 0 Å². The fraction of sp³-hybridized carbons (Fsp3) is 0.250. The number of morpholine rings is 1. The van der Waals surface area contributed by atoms with Crippen molar-refractivity contribution < 1.29 is 19.1 Å². The SMILES string of the molecule is O=C(CN1CCOCC1)N/N=C\C(=O)c1ccc(Oc2ccccc2)cc1. The van der Waals surface area contributed by atoms with Crippen LogP contribution < -0.4 is 10.2 Å². The van der Waals surface area contributed by atoms with Gasteiger partial charge in [0, 0.05) is 18.7 Å². The Labute approximate surface area is 157 Å². The molecular weight excluding hydrogens is 346 g/mol. The van der Waals surface area contributed by atoms with Crippen molar-refractivity contribution in [3.8, 4) is 11.5 Å². The summed E-state index contributed by atoms with van der Waals surface area (Å²) >= 11 is 0. The van der Waals surface area contributed by atoms with Crippen LogP contribution in [0.25, 0.3) is 0 Å². The summed E-state index contributed by atoms with van der Waals surface area (Å²) in [5, 5.41) is 3.74. The van der Waals surface area contributed by atoms with Crippen LogP contribution in [0.5, 0.6) is 11.5 Å². The molecule has 0 unspecified atom stereocenters. The van der Waals surface area contributed by atoms with E-state index in [-0.39, 0.29) is 18.2 Å². The summed E-state index contributed by atoms with van der Waals surface area (Å²) in [6.45, 7) is 2.92. The molecule has 1 amide bonds. The maximum atomic E-state index is 12.1. The molecule has 3 rings (SSSR count). The number of amides is 1. The molecule has 0 atom stereocenters. The van der Waals surface area contributed by atoms with Gasteiger partial charge in [-0.3, -0.25) is 14.5 Å². The third-order valence-corrected chi connectivity index (χ3v) is 3.96. The Morgan fingerprint density at radius 2 is 1.70 bits per heavy atom. The summed E-state index contributed by atoms with van der Waals surface area (Å²) in [5.74, 6) is 0.801. The van der Waals surface area contributed by atoms with Gasteiger partial charge in [0.05, 0.1) is 26.0 Å². The summed E-state index contributed by atoms with van der Waals surface area (Å²) in [6, 6.07) is 16.1. The molecule has 2 aromatic carbocycles. The molecule has 1 heterocycles. The van der Waals surface area contributed by atoms with Crippen LogP contribution in [0.15, 0.2) is 59.7 Å². The van der Waals surface area contributed by atoms with Gasteiger partial charge in [-0.05, 0) is 36.4 Å². The Hall–Kier alpha value is -3.03. The smallest absolute Gasteiger partial charge is 0.254 e. The molecule has 0 saturated carbocycles. The highest BCUT2D eigenvalue weighted by Gasteiger charge is 2.13. The highest BCUT2D eigenvalue weighted by atomic mass is 16.5. The zero-order valence-electron chi connectivity index (χ0n) is 14.8. The zero-order valence-corrected chi connectivity index (χ0v) is 14.8. The van der Waals surface area contributed by atoms with Gasteiger partial charge in [-0.15, -0.1) is 0 Å². The van der Waals surface area contributed by atoms with Gasteiger partial charge in [-0.1, -0.05) is 18.2 Å². The van der Waals surface area contributed by atoms with Gasteiger partial charge in [-0.2, -0.15) is 5.10 Å². The second-order valence-corrected chi connectivity index (χ2v) is 5.99. The fourth-order valence-electron chi connectivity index (χ4n) is 2.55. The highest BCUT2D eigenvalue weighted by molar-refractivity contribution is 6.35. The normalized spacial score (nSPS) is 14.8. The molecule has 1 saturated heterocycles. The van der Waals surface area contributed by atoms with Crippen LogP contribution in [-0.2, 0) is 9.53 Å². The Morgan fingerprint density at radius 3 is 2.41 bits per heavy atom. The lowest BCUT2D eigenvalue weighted by Crippen LogP contribution is -2.42. The number of hydrogen-bond donors (Lipinski definition) is 1. The van der Waals surface area contributed by atoms with Crippen LogP contribution >= 0.6 is 0 Å². The van der Waals surface area contributed by atoms with Crippen molar-refractivity contribution in [2.45, 2.75) is 0 Å². The van der Waals surface area contributed by atoms with Crippen LogP contribution in [0.2, 0.25) is 0 Å². The molecule has 1 fully saturated rings. The first kappa shape index (κ1) is 18.8. The zero-order chi connectivity index (χ0) is 18.9. The van der Waals surface area contributed by atoms with Crippen molar-refractivity contribution in [3.05, 3.63) is 60.2 Å². The highest BCUT2D eigenvalue weighted by Crippen LogP contribution is 2.21. The summed E-state index contributed by atoms with van der Waals surface area (Å²) in [4.78, 5) is 25.9. The van der Waals surface area contributed by atoms with Gasteiger partial charge in [0.25, 0.3) is 5.91 Å². The molecule has 0 radical (unpaired) electrons. The Kier molecular flexibility index (Phi) is 6.67. The number of nitrogens with zero attached hydrogens (tertiary/aromatic N) is 2. The Morgan fingerprint density at radius 1 is 1.04 bits per heavy atom. The molecule has 0 aromatic heterocycles. The van der Waals surface area contributed by atoms with E-state index in [1.807, 2.05) is 35.2 Å². The molecule has 2 aromatic rings. The van der Waals surface area contributed by atoms with Gasteiger partial charge >= 0.3 is 0 Å². The first-order valence-corrected chi connectivity index (χ1v) is 8.70. The molecule has 1 N–H and O–H groups in total. The van der Waals surface area contributed by atoms with E-state index in [0.29, 0.717) is 37.6 Å². The molecule has 1 aliphatic heterocycles. The van der Waals surface area contributed by atoms with E-state index in [1.165, 1.54) is 0 Å². The van der Waals surface area contributed by atoms with Crippen molar-refractivity contribution in [2.75, 3.05) is 32.8 Å². The minimum absolute atomic E-state index is 0.237. The number of Topliss-reactive ketones (excluding diaryl/α,β-unsaturated/α-hetero) is 1. The number of carbonyl (C=O) groups excluding carboxylic acids is 2. The van der Waals surface area contributed by atoms with Crippen LogP contribution in [0, 0.1) is 0 Å². The maximum absolute atomic E-state index is 12.1. The minimum Gasteiger partial charge on any atom is -0.457 e. The lowest BCUT2D eigenvalue weighted by molar-refractivity contribution is -0.123. The van der Waals surface area contributed by atoms with Crippen LogP contribution in [0.1, 0.15) is 10.4 Å². The number of ether oxygens (including phenoxy) is 2. The van der Waals surface area contributed by atoms with E-state index in [9.17, 15) is 9.59 Å². The average Bonchev–Trinajstić information content (AvgIpc) is 2.70. The number of hydrogen-bond acceptors (Lipinski definition) is 6. The van der Waals surface area contributed by atoms with E-state index in [1.54, 1.807) is 24.3 Å². The lowest BCUT2D eigenvalue weighted by atomic mass is 10.1. The van der Waals surface area contributed by atoms with Crippen molar-refractivity contribution >= 4 is 17.9 Å². The Bertz CT molecular complexity index is 785. The minimum atomic E-state index is -0.298. The van der Waals surface area contributed by atoms with Crippen LogP contribution in [0.4, 0.5) is 0 Å². The molecule has 0 aliphatic carbocycles. The van der Waals surface area contributed by atoms with Gasteiger partial charge < -0.3 is 9.47 Å². The van der Waals surface area contributed by atoms with E-state index < -0.39 is 0 Å². The average molecular weight is 367 g/mol. The van der Waals surface area contributed by atoms with E-state index in [4.69, 9.17) is 9.47 Å². The monoisotopic (exact) mass is 367 g/mol. The van der Waals surface area contributed by atoms with Crippen molar-refractivity contribution in [1.29, 1.82) is 0 Å². The summed E-state index contributed by atoms with van der Waals surface area (Å²) in [7, 11) is 0. The first-order chi connectivity index (χ1) is 13.2. The molecule has 7 nitrogen and oxygen atoms in total.